The number of carboxylic acid groups (broad SMARTS) is 1. The van der Waals surface area contributed by atoms with Gasteiger partial charge in [0.05, 0.1) is 0 Å². The molecule has 0 amide bonds. The third kappa shape index (κ3) is 4.62. The van der Waals surface area contributed by atoms with Crippen LogP contribution in [0.3, 0.4) is 0 Å². The van der Waals surface area contributed by atoms with E-state index in [4.69, 9.17) is 9.84 Å². The molecule has 0 bridgehead atoms. The van der Waals surface area contributed by atoms with Crippen LogP contribution in [0.4, 0.5) is 13.2 Å². The third-order valence-electron chi connectivity index (χ3n) is 1.93. The lowest BCUT2D eigenvalue weighted by molar-refractivity contribution is -0.186. The van der Waals surface area contributed by atoms with Crippen molar-refractivity contribution in [2.75, 3.05) is 13.4 Å². The quantitative estimate of drug-likeness (QED) is 0.656. The van der Waals surface area contributed by atoms with Crippen molar-refractivity contribution in [3.63, 3.8) is 0 Å². The van der Waals surface area contributed by atoms with Crippen LogP contribution in [0.5, 0.6) is 5.75 Å². The molecule has 0 fully saturated rings. The number of halogens is 3. The van der Waals surface area contributed by atoms with E-state index in [9.17, 15) is 18.0 Å². The van der Waals surface area contributed by atoms with Gasteiger partial charge in [-0.05, 0) is 24.6 Å². The van der Waals surface area contributed by atoms with Crippen molar-refractivity contribution in [1.29, 1.82) is 0 Å². The van der Waals surface area contributed by atoms with Crippen LogP contribution in [0.2, 0.25) is 0 Å². The zero-order valence-electron chi connectivity index (χ0n) is 9.45. The molecule has 0 heterocycles. The molecule has 18 heavy (non-hydrogen) atoms. The monoisotopic (exact) mass is 264 g/mol. The van der Waals surface area contributed by atoms with E-state index < -0.39 is 25.5 Å². The maximum atomic E-state index is 11.8. The standard InChI is InChI=1S/C11H11F3O4/c1-7-2-3-8(10(15)16)9(4-7)18-6-17-5-11(12,13)14/h2-4H,5-6H2,1H3,(H,15,16). The molecule has 1 N–H and O–H groups in total. The van der Waals surface area contributed by atoms with E-state index in [1.54, 1.807) is 13.0 Å². The van der Waals surface area contributed by atoms with Crippen molar-refractivity contribution in [3.8, 4) is 5.75 Å². The molecule has 0 spiro atoms. The molecule has 0 aliphatic rings. The summed E-state index contributed by atoms with van der Waals surface area (Å²) in [5, 5.41) is 8.84. The van der Waals surface area contributed by atoms with Gasteiger partial charge in [-0.3, -0.25) is 0 Å². The van der Waals surface area contributed by atoms with Gasteiger partial charge in [0, 0.05) is 0 Å². The third-order valence-corrected chi connectivity index (χ3v) is 1.93. The van der Waals surface area contributed by atoms with Crippen molar-refractivity contribution in [2.45, 2.75) is 13.1 Å². The van der Waals surface area contributed by atoms with Crippen LogP contribution < -0.4 is 4.74 Å². The van der Waals surface area contributed by atoms with E-state index >= 15 is 0 Å². The molecular weight excluding hydrogens is 253 g/mol. The summed E-state index contributed by atoms with van der Waals surface area (Å²) in [4.78, 5) is 10.8. The summed E-state index contributed by atoms with van der Waals surface area (Å²) >= 11 is 0. The van der Waals surface area contributed by atoms with Gasteiger partial charge in [0.1, 0.15) is 17.9 Å². The van der Waals surface area contributed by atoms with E-state index in [0.717, 1.165) is 5.56 Å². The van der Waals surface area contributed by atoms with Crippen LogP contribution in [-0.4, -0.2) is 30.7 Å². The van der Waals surface area contributed by atoms with Crippen LogP contribution in [-0.2, 0) is 4.74 Å². The number of rotatable bonds is 5. The summed E-state index contributed by atoms with van der Waals surface area (Å²) in [6, 6.07) is 4.30. The molecule has 0 radical (unpaired) electrons. The number of ether oxygens (including phenoxy) is 2. The van der Waals surface area contributed by atoms with Crippen LogP contribution in [0.1, 0.15) is 15.9 Å². The number of carboxylic acids is 1. The second-order valence-electron chi connectivity index (χ2n) is 3.53. The minimum Gasteiger partial charge on any atom is -0.478 e. The summed E-state index contributed by atoms with van der Waals surface area (Å²) in [6.07, 6.45) is -4.44. The highest BCUT2D eigenvalue weighted by atomic mass is 19.4. The summed E-state index contributed by atoms with van der Waals surface area (Å²) in [6.45, 7) is -0.403. The highest BCUT2D eigenvalue weighted by molar-refractivity contribution is 5.90. The number of hydrogen-bond donors (Lipinski definition) is 1. The predicted molar refractivity (Wildman–Crippen MR) is 55.6 cm³/mol. The number of hydrogen-bond acceptors (Lipinski definition) is 3. The van der Waals surface area contributed by atoms with Gasteiger partial charge in [-0.2, -0.15) is 13.2 Å². The molecule has 100 valence electrons. The Balaban J connectivity index is 2.61. The number of aromatic carboxylic acids is 1. The molecular formula is C11H11F3O4. The van der Waals surface area contributed by atoms with E-state index in [2.05, 4.69) is 4.74 Å². The number of alkyl halides is 3. The van der Waals surface area contributed by atoms with E-state index in [1.165, 1.54) is 12.1 Å². The Morgan fingerprint density at radius 2 is 2.06 bits per heavy atom. The average Bonchev–Trinajstić information content (AvgIpc) is 2.22. The number of carbonyl (C=O) groups is 1. The molecule has 0 aromatic heterocycles. The smallest absolute Gasteiger partial charge is 0.411 e. The van der Waals surface area contributed by atoms with Crippen LogP contribution in [0.15, 0.2) is 18.2 Å². The molecule has 0 unspecified atom stereocenters. The van der Waals surface area contributed by atoms with E-state index in [0.29, 0.717) is 0 Å². The molecule has 4 nitrogen and oxygen atoms in total. The van der Waals surface area contributed by atoms with Crippen molar-refractivity contribution >= 4 is 5.97 Å². The summed E-state index contributed by atoms with van der Waals surface area (Å²) in [5.41, 5.74) is 0.599. The first kappa shape index (κ1) is 14.3. The molecule has 0 saturated carbocycles. The predicted octanol–water partition coefficient (Wildman–Crippen LogP) is 2.61. The highest BCUT2D eigenvalue weighted by Gasteiger charge is 2.27. The summed E-state index contributed by atoms with van der Waals surface area (Å²) in [7, 11) is 0. The number of aryl methyl sites for hydroxylation is 1. The lowest BCUT2D eigenvalue weighted by atomic mass is 10.1. The van der Waals surface area contributed by atoms with E-state index in [1.807, 2.05) is 0 Å². The first-order valence-electron chi connectivity index (χ1n) is 4.91. The van der Waals surface area contributed by atoms with Crippen molar-refractivity contribution in [2.24, 2.45) is 0 Å². The Kier molecular flexibility index (Phi) is 4.55. The zero-order chi connectivity index (χ0) is 13.8. The second-order valence-corrected chi connectivity index (χ2v) is 3.53. The van der Waals surface area contributed by atoms with Gasteiger partial charge in [0.15, 0.2) is 6.79 Å². The Labute approximate surface area is 101 Å². The molecule has 7 heteroatoms. The first-order chi connectivity index (χ1) is 8.29. The lowest BCUT2D eigenvalue weighted by Crippen LogP contribution is -2.19. The highest BCUT2D eigenvalue weighted by Crippen LogP contribution is 2.21. The fourth-order valence-corrected chi connectivity index (χ4v) is 1.19. The molecule has 0 aliphatic carbocycles. The fraction of sp³-hybridized carbons (Fsp3) is 0.364. The fourth-order valence-electron chi connectivity index (χ4n) is 1.19. The molecule has 0 atom stereocenters. The molecule has 1 rings (SSSR count). The largest absolute Gasteiger partial charge is 0.478 e. The summed E-state index contributed by atoms with van der Waals surface area (Å²) < 4.78 is 44.4. The van der Waals surface area contributed by atoms with Crippen molar-refractivity contribution < 1.29 is 32.5 Å². The maximum Gasteiger partial charge on any atom is 0.411 e. The SMILES string of the molecule is Cc1ccc(C(=O)O)c(OCOCC(F)(F)F)c1. The van der Waals surface area contributed by atoms with Crippen molar-refractivity contribution in [1.82, 2.24) is 0 Å². The van der Waals surface area contributed by atoms with Gasteiger partial charge >= 0.3 is 12.1 Å². The Hall–Kier alpha value is -1.76. The van der Waals surface area contributed by atoms with E-state index in [-0.39, 0.29) is 11.3 Å². The van der Waals surface area contributed by atoms with Gasteiger partial charge in [-0.15, -0.1) is 0 Å². The molecule has 0 aliphatic heterocycles. The van der Waals surface area contributed by atoms with Gasteiger partial charge in [-0.1, -0.05) is 6.07 Å². The van der Waals surface area contributed by atoms with Crippen LogP contribution >= 0.6 is 0 Å². The first-order valence-corrected chi connectivity index (χ1v) is 4.91. The van der Waals surface area contributed by atoms with Gasteiger partial charge < -0.3 is 14.6 Å². The summed E-state index contributed by atoms with van der Waals surface area (Å²) in [5.74, 6) is -1.24. The van der Waals surface area contributed by atoms with Gasteiger partial charge in [0.2, 0.25) is 0 Å². The minimum absolute atomic E-state index is 0.0234. The van der Waals surface area contributed by atoms with Gasteiger partial charge in [0.25, 0.3) is 0 Å². The molecule has 1 aromatic carbocycles. The van der Waals surface area contributed by atoms with Crippen LogP contribution in [0, 0.1) is 6.92 Å². The number of benzene rings is 1. The van der Waals surface area contributed by atoms with Crippen LogP contribution in [0.25, 0.3) is 0 Å². The average molecular weight is 264 g/mol. The second kappa shape index (κ2) is 5.72. The molecule has 0 saturated heterocycles. The Morgan fingerprint density at radius 1 is 1.39 bits per heavy atom. The maximum absolute atomic E-state index is 11.8. The Morgan fingerprint density at radius 3 is 2.61 bits per heavy atom. The minimum atomic E-state index is -4.44. The lowest BCUT2D eigenvalue weighted by Gasteiger charge is -2.11. The molecule has 1 aromatic rings. The normalized spacial score (nSPS) is 11.3. The Bertz CT molecular complexity index is 429. The van der Waals surface area contributed by atoms with Crippen molar-refractivity contribution in [3.05, 3.63) is 29.3 Å². The van der Waals surface area contributed by atoms with Gasteiger partial charge in [-0.25, -0.2) is 4.79 Å². The zero-order valence-corrected chi connectivity index (χ0v) is 9.45. The topological polar surface area (TPSA) is 55.8 Å².